The Morgan fingerprint density at radius 2 is 2.05 bits per heavy atom. The summed E-state index contributed by atoms with van der Waals surface area (Å²) in [7, 11) is 1.88. The van der Waals surface area contributed by atoms with Crippen molar-refractivity contribution in [2.45, 2.75) is 26.3 Å². The molecule has 0 saturated heterocycles. The summed E-state index contributed by atoms with van der Waals surface area (Å²) < 4.78 is 0. The van der Waals surface area contributed by atoms with Crippen LogP contribution in [-0.4, -0.2) is 37.0 Å². The SMILES string of the molecule is CC(C)CCN(C)C(=O)C1CNc2ccccc2N1. The number of hydrogen-bond donors (Lipinski definition) is 2. The van der Waals surface area contributed by atoms with Crippen molar-refractivity contribution in [3.8, 4) is 0 Å². The molecule has 1 amide bonds. The van der Waals surface area contributed by atoms with Gasteiger partial charge in [0, 0.05) is 20.1 Å². The quantitative estimate of drug-likeness (QED) is 0.874. The maximum absolute atomic E-state index is 12.3. The number of para-hydroxylation sites is 2. The summed E-state index contributed by atoms with van der Waals surface area (Å²) in [5, 5.41) is 6.61. The predicted octanol–water partition coefficient (Wildman–Crippen LogP) is 2.40. The van der Waals surface area contributed by atoms with Gasteiger partial charge in [0.2, 0.25) is 5.91 Å². The van der Waals surface area contributed by atoms with Crippen LogP contribution in [0.2, 0.25) is 0 Å². The number of likely N-dealkylation sites (N-methyl/N-ethyl adjacent to an activating group) is 1. The lowest BCUT2D eigenvalue weighted by Crippen LogP contribution is -2.47. The van der Waals surface area contributed by atoms with E-state index in [1.807, 2.05) is 36.2 Å². The first kappa shape index (κ1) is 13.7. The van der Waals surface area contributed by atoms with Gasteiger partial charge in [-0.05, 0) is 24.5 Å². The van der Waals surface area contributed by atoms with Crippen LogP contribution in [0.15, 0.2) is 24.3 Å². The fourth-order valence-corrected chi connectivity index (χ4v) is 2.19. The molecule has 104 valence electrons. The van der Waals surface area contributed by atoms with E-state index in [1.54, 1.807) is 0 Å². The van der Waals surface area contributed by atoms with Crippen LogP contribution in [0, 0.1) is 5.92 Å². The lowest BCUT2D eigenvalue weighted by atomic mass is 10.1. The highest BCUT2D eigenvalue weighted by atomic mass is 16.2. The van der Waals surface area contributed by atoms with Gasteiger partial charge in [-0.15, -0.1) is 0 Å². The van der Waals surface area contributed by atoms with E-state index in [1.165, 1.54) is 0 Å². The van der Waals surface area contributed by atoms with Crippen LogP contribution in [0.25, 0.3) is 0 Å². The Labute approximate surface area is 115 Å². The molecule has 0 aliphatic carbocycles. The lowest BCUT2D eigenvalue weighted by Gasteiger charge is -2.30. The zero-order valence-corrected chi connectivity index (χ0v) is 11.9. The van der Waals surface area contributed by atoms with E-state index in [2.05, 4.69) is 24.5 Å². The molecule has 0 aromatic heterocycles. The molecule has 19 heavy (non-hydrogen) atoms. The van der Waals surface area contributed by atoms with E-state index < -0.39 is 0 Å². The molecule has 0 saturated carbocycles. The summed E-state index contributed by atoms with van der Waals surface area (Å²) in [6.07, 6.45) is 1.04. The van der Waals surface area contributed by atoms with E-state index in [0.29, 0.717) is 12.5 Å². The molecule has 1 aromatic rings. The van der Waals surface area contributed by atoms with Crippen LogP contribution in [0.5, 0.6) is 0 Å². The van der Waals surface area contributed by atoms with Crippen LogP contribution in [0.1, 0.15) is 20.3 Å². The number of fused-ring (bicyclic) bond motifs is 1. The molecule has 1 heterocycles. The van der Waals surface area contributed by atoms with Gasteiger partial charge in [0.25, 0.3) is 0 Å². The summed E-state index contributed by atoms with van der Waals surface area (Å²) in [6, 6.07) is 7.81. The fraction of sp³-hybridized carbons (Fsp3) is 0.533. The number of anilines is 2. The smallest absolute Gasteiger partial charge is 0.246 e. The number of hydrogen-bond acceptors (Lipinski definition) is 3. The Morgan fingerprint density at radius 1 is 1.37 bits per heavy atom. The third kappa shape index (κ3) is 3.40. The van der Waals surface area contributed by atoms with Gasteiger partial charge in [-0.25, -0.2) is 0 Å². The molecule has 1 aliphatic rings. The van der Waals surface area contributed by atoms with Crippen molar-refractivity contribution in [3.05, 3.63) is 24.3 Å². The van der Waals surface area contributed by atoms with Gasteiger partial charge in [-0.2, -0.15) is 0 Å². The Hall–Kier alpha value is -1.71. The van der Waals surface area contributed by atoms with Gasteiger partial charge >= 0.3 is 0 Å². The highest BCUT2D eigenvalue weighted by Gasteiger charge is 2.25. The molecule has 4 heteroatoms. The molecule has 1 aliphatic heterocycles. The standard InChI is InChI=1S/C15H23N3O/c1-11(2)8-9-18(3)15(19)14-10-16-12-6-4-5-7-13(12)17-14/h4-7,11,14,16-17H,8-10H2,1-3H3. The zero-order chi connectivity index (χ0) is 13.8. The number of benzene rings is 1. The average Bonchev–Trinajstić information content (AvgIpc) is 2.43. The second-order valence-electron chi connectivity index (χ2n) is 5.57. The lowest BCUT2D eigenvalue weighted by molar-refractivity contribution is -0.130. The van der Waals surface area contributed by atoms with Crippen LogP contribution < -0.4 is 10.6 Å². The molecule has 0 bridgehead atoms. The summed E-state index contributed by atoms with van der Waals surface area (Å²) in [5.74, 6) is 0.774. The average molecular weight is 261 g/mol. The van der Waals surface area contributed by atoms with Crippen molar-refractivity contribution >= 4 is 17.3 Å². The van der Waals surface area contributed by atoms with Gasteiger partial charge in [-0.3, -0.25) is 4.79 Å². The Bertz CT molecular complexity index is 445. The van der Waals surface area contributed by atoms with Crippen molar-refractivity contribution in [2.75, 3.05) is 30.8 Å². The molecule has 0 radical (unpaired) electrons. The molecule has 0 fully saturated rings. The maximum atomic E-state index is 12.3. The van der Waals surface area contributed by atoms with Gasteiger partial charge in [-0.1, -0.05) is 26.0 Å². The van der Waals surface area contributed by atoms with Crippen LogP contribution in [-0.2, 0) is 4.79 Å². The second-order valence-corrected chi connectivity index (χ2v) is 5.57. The van der Waals surface area contributed by atoms with Crippen molar-refractivity contribution < 1.29 is 4.79 Å². The molecule has 1 aromatic carbocycles. The minimum Gasteiger partial charge on any atom is -0.381 e. The van der Waals surface area contributed by atoms with E-state index in [4.69, 9.17) is 0 Å². The first-order valence-corrected chi connectivity index (χ1v) is 6.92. The van der Waals surface area contributed by atoms with Crippen LogP contribution in [0.3, 0.4) is 0 Å². The Balaban J connectivity index is 1.95. The maximum Gasteiger partial charge on any atom is 0.246 e. The molecule has 2 N–H and O–H groups in total. The van der Waals surface area contributed by atoms with Gasteiger partial charge in [0.1, 0.15) is 6.04 Å². The fourth-order valence-electron chi connectivity index (χ4n) is 2.19. The van der Waals surface area contributed by atoms with Gasteiger partial charge in [0.05, 0.1) is 11.4 Å². The third-order valence-electron chi connectivity index (χ3n) is 3.47. The normalized spacial score (nSPS) is 17.4. The van der Waals surface area contributed by atoms with E-state index in [9.17, 15) is 4.79 Å². The number of rotatable bonds is 4. The second kappa shape index (κ2) is 5.95. The minimum absolute atomic E-state index is 0.155. The highest BCUT2D eigenvalue weighted by Crippen LogP contribution is 2.25. The monoisotopic (exact) mass is 261 g/mol. The summed E-state index contributed by atoms with van der Waals surface area (Å²) in [4.78, 5) is 14.2. The van der Waals surface area contributed by atoms with Crippen LogP contribution >= 0.6 is 0 Å². The topological polar surface area (TPSA) is 44.4 Å². The number of nitrogens with one attached hydrogen (secondary N) is 2. The van der Waals surface area contributed by atoms with Crippen molar-refractivity contribution in [1.29, 1.82) is 0 Å². The number of nitrogens with zero attached hydrogens (tertiary/aromatic N) is 1. The Morgan fingerprint density at radius 3 is 2.74 bits per heavy atom. The summed E-state index contributed by atoms with van der Waals surface area (Å²) in [5.41, 5.74) is 2.07. The van der Waals surface area contributed by atoms with Crippen molar-refractivity contribution in [3.63, 3.8) is 0 Å². The molecule has 1 atom stereocenters. The molecule has 4 nitrogen and oxygen atoms in total. The molecule has 2 rings (SSSR count). The Kier molecular flexibility index (Phi) is 4.30. The highest BCUT2D eigenvalue weighted by molar-refractivity contribution is 5.88. The minimum atomic E-state index is -0.174. The van der Waals surface area contributed by atoms with E-state index in [0.717, 1.165) is 24.3 Å². The molecule has 1 unspecified atom stereocenters. The third-order valence-corrected chi connectivity index (χ3v) is 3.47. The molecular weight excluding hydrogens is 238 g/mol. The largest absolute Gasteiger partial charge is 0.381 e. The first-order valence-electron chi connectivity index (χ1n) is 6.92. The predicted molar refractivity (Wildman–Crippen MR) is 79.4 cm³/mol. The van der Waals surface area contributed by atoms with E-state index >= 15 is 0 Å². The van der Waals surface area contributed by atoms with Crippen LogP contribution in [0.4, 0.5) is 11.4 Å². The van der Waals surface area contributed by atoms with Crippen molar-refractivity contribution in [1.82, 2.24) is 4.90 Å². The number of carbonyl (C=O) groups is 1. The number of amides is 1. The zero-order valence-electron chi connectivity index (χ0n) is 11.9. The van der Waals surface area contributed by atoms with Gasteiger partial charge in [0.15, 0.2) is 0 Å². The first-order chi connectivity index (χ1) is 9.08. The van der Waals surface area contributed by atoms with E-state index in [-0.39, 0.29) is 11.9 Å². The summed E-state index contributed by atoms with van der Waals surface area (Å²) >= 11 is 0. The number of carbonyl (C=O) groups excluding carboxylic acids is 1. The molecular formula is C15H23N3O. The van der Waals surface area contributed by atoms with Crippen molar-refractivity contribution in [2.24, 2.45) is 5.92 Å². The summed E-state index contributed by atoms with van der Waals surface area (Å²) in [6.45, 7) is 5.81. The molecule has 0 spiro atoms. The van der Waals surface area contributed by atoms with Gasteiger partial charge < -0.3 is 15.5 Å².